The summed E-state index contributed by atoms with van der Waals surface area (Å²) in [5.41, 5.74) is 6.40. The number of nitrogens with two attached hydrogens (primary N) is 1. The zero-order chi connectivity index (χ0) is 29.5. The SMILES string of the molecule is CCCCCCCCCCCC(=O)N1CCCC1C(=O)NC(Cc1ccc2ccccc2c1)C(=O)NCC(O)CN. The molecular formula is C33H50N4O4. The molecule has 0 aliphatic carbocycles. The second kappa shape index (κ2) is 17.8. The smallest absolute Gasteiger partial charge is 0.243 e. The number of rotatable bonds is 18. The summed E-state index contributed by atoms with van der Waals surface area (Å²) in [4.78, 5) is 41.3. The molecule has 1 heterocycles. The Morgan fingerprint density at radius 1 is 0.976 bits per heavy atom. The molecule has 8 nitrogen and oxygen atoms in total. The van der Waals surface area contributed by atoms with Gasteiger partial charge in [0.1, 0.15) is 12.1 Å². The largest absolute Gasteiger partial charge is 0.390 e. The Labute approximate surface area is 245 Å². The lowest BCUT2D eigenvalue weighted by atomic mass is 10.0. The molecule has 0 spiro atoms. The van der Waals surface area contributed by atoms with E-state index < -0.39 is 18.2 Å². The van der Waals surface area contributed by atoms with E-state index in [1.165, 1.54) is 38.5 Å². The molecule has 2 aromatic rings. The molecule has 5 N–H and O–H groups in total. The van der Waals surface area contributed by atoms with Crippen LogP contribution in [0, 0.1) is 0 Å². The molecule has 1 saturated heterocycles. The van der Waals surface area contributed by atoms with Crippen LogP contribution in [0.15, 0.2) is 42.5 Å². The van der Waals surface area contributed by atoms with E-state index in [2.05, 4.69) is 17.6 Å². The molecule has 41 heavy (non-hydrogen) atoms. The van der Waals surface area contributed by atoms with Crippen molar-refractivity contribution < 1.29 is 19.5 Å². The molecule has 2 aromatic carbocycles. The van der Waals surface area contributed by atoms with Gasteiger partial charge >= 0.3 is 0 Å². The number of nitrogens with zero attached hydrogens (tertiary/aromatic N) is 1. The van der Waals surface area contributed by atoms with Gasteiger partial charge in [0.2, 0.25) is 17.7 Å². The van der Waals surface area contributed by atoms with E-state index in [9.17, 15) is 19.5 Å². The Hall–Kier alpha value is -2.97. The number of unbranched alkanes of at least 4 members (excludes halogenated alkanes) is 8. The molecule has 0 saturated carbocycles. The zero-order valence-corrected chi connectivity index (χ0v) is 24.8. The molecule has 0 aromatic heterocycles. The van der Waals surface area contributed by atoms with Crippen molar-refractivity contribution in [2.24, 2.45) is 5.73 Å². The molecule has 3 atom stereocenters. The fourth-order valence-electron chi connectivity index (χ4n) is 5.57. The van der Waals surface area contributed by atoms with Crippen molar-refractivity contribution in [2.45, 2.75) is 109 Å². The van der Waals surface area contributed by atoms with Gasteiger partial charge in [-0.05, 0) is 35.6 Å². The third-order valence-corrected chi connectivity index (χ3v) is 8.04. The third-order valence-electron chi connectivity index (χ3n) is 8.04. The maximum Gasteiger partial charge on any atom is 0.243 e. The number of hydrogen-bond acceptors (Lipinski definition) is 5. The fourth-order valence-corrected chi connectivity index (χ4v) is 5.57. The van der Waals surface area contributed by atoms with Crippen molar-refractivity contribution in [1.82, 2.24) is 15.5 Å². The summed E-state index contributed by atoms with van der Waals surface area (Å²) in [5.74, 6) is -0.667. The monoisotopic (exact) mass is 566 g/mol. The molecule has 3 unspecified atom stereocenters. The summed E-state index contributed by atoms with van der Waals surface area (Å²) in [5, 5.41) is 17.6. The van der Waals surface area contributed by atoms with Crippen molar-refractivity contribution in [3.63, 3.8) is 0 Å². The number of fused-ring (bicyclic) bond motifs is 1. The lowest BCUT2D eigenvalue weighted by Crippen LogP contribution is -2.54. The molecule has 226 valence electrons. The summed E-state index contributed by atoms with van der Waals surface area (Å²) in [6.07, 6.45) is 11.9. The summed E-state index contributed by atoms with van der Waals surface area (Å²) in [6.45, 7) is 2.83. The number of aliphatic hydroxyl groups excluding tert-OH is 1. The maximum absolute atomic E-state index is 13.4. The normalized spacial score (nSPS) is 16.5. The summed E-state index contributed by atoms with van der Waals surface area (Å²) in [6, 6.07) is 12.6. The molecular weight excluding hydrogens is 516 g/mol. The minimum Gasteiger partial charge on any atom is -0.390 e. The minimum atomic E-state index is -0.861. The van der Waals surface area contributed by atoms with Gasteiger partial charge in [0.15, 0.2) is 0 Å². The van der Waals surface area contributed by atoms with E-state index in [0.29, 0.717) is 25.8 Å². The highest BCUT2D eigenvalue weighted by Gasteiger charge is 2.35. The first-order valence-electron chi connectivity index (χ1n) is 15.7. The maximum atomic E-state index is 13.4. The van der Waals surface area contributed by atoms with Gasteiger partial charge in [-0.15, -0.1) is 0 Å². The van der Waals surface area contributed by atoms with Crippen molar-refractivity contribution >= 4 is 28.5 Å². The van der Waals surface area contributed by atoms with Crippen LogP contribution < -0.4 is 16.4 Å². The fraction of sp³-hybridized carbons (Fsp3) is 0.606. The van der Waals surface area contributed by atoms with Gasteiger partial charge in [-0.3, -0.25) is 14.4 Å². The van der Waals surface area contributed by atoms with Gasteiger partial charge in [-0.25, -0.2) is 0 Å². The molecule has 1 fully saturated rings. The van der Waals surface area contributed by atoms with E-state index in [4.69, 9.17) is 5.73 Å². The van der Waals surface area contributed by atoms with Crippen LogP contribution in [0.25, 0.3) is 10.8 Å². The van der Waals surface area contributed by atoms with Crippen LogP contribution in [0.1, 0.15) is 89.5 Å². The summed E-state index contributed by atoms with van der Waals surface area (Å²) in [7, 11) is 0. The van der Waals surface area contributed by atoms with Crippen LogP contribution in [0.3, 0.4) is 0 Å². The molecule has 8 heteroatoms. The van der Waals surface area contributed by atoms with Crippen LogP contribution in [-0.4, -0.2) is 65.5 Å². The Kier molecular flexibility index (Phi) is 14.1. The third kappa shape index (κ3) is 10.7. The Bertz CT molecular complexity index is 1110. The predicted octanol–water partition coefficient (Wildman–Crippen LogP) is 4.21. The first-order valence-corrected chi connectivity index (χ1v) is 15.7. The zero-order valence-electron chi connectivity index (χ0n) is 24.8. The number of aliphatic hydroxyl groups is 1. The number of nitrogens with one attached hydrogen (secondary N) is 2. The summed E-state index contributed by atoms with van der Waals surface area (Å²) < 4.78 is 0. The summed E-state index contributed by atoms with van der Waals surface area (Å²) >= 11 is 0. The molecule has 0 bridgehead atoms. The van der Waals surface area contributed by atoms with Gasteiger partial charge < -0.3 is 26.4 Å². The topological polar surface area (TPSA) is 125 Å². The first kappa shape index (κ1) is 32.5. The lowest BCUT2D eigenvalue weighted by Gasteiger charge is -2.27. The van der Waals surface area contributed by atoms with Crippen molar-refractivity contribution in [3.05, 3.63) is 48.0 Å². The number of benzene rings is 2. The lowest BCUT2D eigenvalue weighted by molar-refractivity contribution is -0.139. The highest BCUT2D eigenvalue weighted by Crippen LogP contribution is 2.21. The number of hydrogen-bond donors (Lipinski definition) is 4. The Morgan fingerprint density at radius 3 is 2.37 bits per heavy atom. The van der Waals surface area contributed by atoms with Crippen LogP contribution in [0.2, 0.25) is 0 Å². The van der Waals surface area contributed by atoms with Gasteiger partial charge in [0.25, 0.3) is 0 Å². The van der Waals surface area contributed by atoms with Gasteiger partial charge in [-0.2, -0.15) is 0 Å². The van der Waals surface area contributed by atoms with Crippen molar-refractivity contribution in [1.29, 1.82) is 0 Å². The number of carbonyl (C=O) groups is 3. The van der Waals surface area contributed by atoms with E-state index in [0.717, 1.165) is 42.0 Å². The number of likely N-dealkylation sites (tertiary alicyclic amines) is 1. The van der Waals surface area contributed by atoms with Gasteiger partial charge in [0.05, 0.1) is 6.10 Å². The quantitative estimate of drug-likeness (QED) is 0.201. The number of carbonyl (C=O) groups excluding carboxylic acids is 3. The Balaban J connectivity index is 1.56. The van der Waals surface area contributed by atoms with Crippen LogP contribution in [0.5, 0.6) is 0 Å². The molecule has 3 amide bonds. The highest BCUT2D eigenvalue weighted by molar-refractivity contribution is 5.92. The van der Waals surface area contributed by atoms with E-state index in [1.807, 2.05) is 42.5 Å². The molecule has 3 rings (SSSR count). The highest BCUT2D eigenvalue weighted by atomic mass is 16.3. The minimum absolute atomic E-state index is 0.00615. The molecule has 0 radical (unpaired) electrons. The van der Waals surface area contributed by atoms with E-state index >= 15 is 0 Å². The molecule has 1 aliphatic rings. The first-order chi connectivity index (χ1) is 19.9. The van der Waals surface area contributed by atoms with E-state index in [-0.39, 0.29) is 30.8 Å². The second-order valence-corrected chi connectivity index (χ2v) is 11.4. The van der Waals surface area contributed by atoms with Crippen LogP contribution in [-0.2, 0) is 20.8 Å². The van der Waals surface area contributed by atoms with Crippen LogP contribution >= 0.6 is 0 Å². The van der Waals surface area contributed by atoms with Crippen molar-refractivity contribution in [2.75, 3.05) is 19.6 Å². The Morgan fingerprint density at radius 2 is 1.66 bits per heavy atom. The van der Waals surface area contributed by atoms with Gasteiger partial charge in [-0.1, -0.05) is 101 Å². The second-order valence-electron chi connectivity index (χ2n) is 11.4. The predicted molar refractivity (Wildman–Crippen MR) is 164 cm³/mol. The molecule has 1 aliphatic heterocycles. The number of amides is 3. The van der Waals surface area contributed by atoms with Gasteiger partial charge in [0, 0.05) is 32.5 Å². The van der Waals surface area contributed by atoms with Crippen molar-refractivity contribution in [3.8, 4) is 0 Å². The van der Waals surface area contributed by atoms with E-state index in [1.54, 1.807) is 4.90 Å². The standard InChI is InChI=1S/C33H50N4O4/c1-2-3-4-5-6-7-8-9-10-17-31(39)37-20-13-16-30(37)33(41)36-29(32(40)35-24-28(38)23-34)22-25-18-19-26-14-11-12-15-27(26)21-25/h11-12,14-15,18-19,21,28-30,38H,2-10,13,16-17,20,22-24,34H2,1H3,(H,35,40)(H,36,41). The average Bonchev–Trinajstić information content (AvgIpc) is 3.49. The average molecular weight is 567 g/mol. The van der Waals surface area contributed by atoms with Crippen LogP contribution in [0.4, 0.5) is 0 Å².